The van der Waals surface area contributed by atoms with Crippen molar-refractivity contribution in [3.8, 4) is 0 Å². The highest BCUT2D eigenvalue weighted by molar-refractivity contribution is 6.31. The summed E-state index contributed by atoms with van der Waals surface area (Å²) in [5, 5.41) is 9.59. The number of aromatic carboxylic acids is 1. The SMILES string of the molecule is C=C(c1ccccc1)c1ccc(Cl)cc1C(=O)O. The molecule has 0 fully saturated rings. The van der Waals surface area contributed by atoms with E-state index in [1.165, 1.54) is 6.07 Å². The lowest BCUT2D eigenvalue weighted by atomic mass is 9.95. The van der Waals surface area contributed by atoms with Gasteiger partial charge in [0.1, 0.15) is 0 Å². The molecule has 3 heteroatoms. The first kappa shape index (κ1) is 12.4. The average Bonchev–Trinajstić information content (AvgIpc) is 2.39. The van der Waals surface area contributed by atoms with Gasteiger partial charge in [0.2, 0.25) is 0 Å². The molecule has 18 heavy (non-hydrogen) atoms. The largest absolute Gasteiger partial charge is 0.478 e. The Labute approximate surface area is 110 Å². The summed E-state index contributed by atoms with van der Waals surface area (Å²) in [4.78, 5) is 11.2. The van der Waals surface area contributed by atoms with E-state index in [4.69, 9.17) is 11.6 Å². The molecule has 0 atom stereocenters. The van der Waals surface area contributed by atoms with E-state index in [2.05, 4.69) is 6.58 Å². The fourth-order valence-corrected chi connectivity index (χ4v) is 1.92. The minimum Gasteiger partial charge on any atom is -0.478 e. The molecule has 0 amide bonds. The maximum Gasteiger partial charge on any atom is 0.336 e. The number of hydrogen-bond acceptors (Lipinski definition) is 1. The molecule has 0 heterocycles. The van der Waals surface area contributed by atoms with Gasteiger partial charge in [-0.25, -0.2) is 4.79 Å². The molecule has 0 bridgehead atoms. The lowest BCUT2D eigenvalue weighted by Crippen LogP contribution is -2.02. The van der Waals surface area contributed by atoms with E-state index in [1.807, 2.05) is 30.3 Å². The van der Waals surface area contributed by atoms with Crippen LogP contribution < -0.4 is 0 Å². The van der Waals surface area contributed by atoms with Crippen molar-refractivity contribution in [2.45, 2.75) is 0 Å². The summed E-state index contributed by atoms with van der Waals surface area (Å²) in [6, 6.07) is 14.2. The topological polar surface area (TPSA) is 37.3 Å². The Kier molecular flexibility index (Phi) is 3.49. The lowest BCUT2D eigenvalue weighted by molar-refractivity contribution is 0.0696. The lowest BCUT2D eigenvalue weighted by Gasteiger charge is -2.10. The standard InChI is InChI=1S/C15H11ClO2/c1-10(11-5-3-2-4-6-11)13-8-7-12(16)9-14(13)15(17)18/h2-9H,1H2,(H,17,18). The van der Waals surface area contributed by atoms with Gasteiger partial charge in [-0.1, -0.05) is 54.6 Å². The van der Waals surface area contributed by atoms with Crippen LogP contribution in [0.1, 0.15) is 21.5 Å². The Hall–Kier alpha value is -2.06. The van der Waals surface area contributed by atoms with Gasteiger partial charge in [0.05, 0.1) is 5.56 Å². The first-order valence-electron chi connectivity index (χ1n) is 5.37. The summed E-state index contributed by atoms with van der Waals surface area (Å²) in [6.45, 7) is 3.96. The summed E-state index contributed by atoms with van der Waals surface area (Å²) in [5.41, 5.74) is 2.31. The van der Waals surface area contributed by atoms with Crippen LogP contribution in [0.15, 0.2) is 55.1 Å². The van der Waals surface area contributed by atoms with Crippen molar-refractivity contribution in [3.05, 3.63) is 76.8 Å². The second-order valence-electron chi connectivity index (χ2n) is 3.84. The molecule has 2 aromatic rings. The van der Waals surface area contributed by atoms with E-state index in [-0.39, 0.29) is 5.56 Å². The van der Waals surface area contributed by atoms with E-state index >= 15 is 0 Å². The molecule has 1 N–H and O–H groups in total. The molecule has 0 spiro atoms. The van der Waals surface area contributed by atoms with Gasteiger partial charge in [-0.05, 0) is 28.8 Å². The molecular weight excluding hydrogens is 248 g/mol. The molecule has 0 saturated heterocycles. The number of carboxylic acids is 1. The number of halogens is 1. The fraction of sp³-hybridized carbons (Fsp3) is 0. The molecule has 2 nitrogen and oxygen atoms in total. The predicted octanol–water partition coefficient (Wildman–Crippen LogP) is 4.10. The summed E-state index contributed by atoms with van der Waals surface area (Å²) < 4.78 is 0. The first-order chi connectivity index (χ1) is 8.59. The molecule has 0 saturated carbocycles. The second kappa shape index (κ2) is 5.07. The molecule has 0 aromatic heterocycles. The van der Waals surface area contributed by atoms with Crippen molar-refractivity contribution in [2.75, 3.05) is 0 Å². The van der Waals surface area contributed by atoms with E-state index in [1.54, 1.807) is 12.1 Å². The highest BCUT2D eigenvalue weighted by Crippen LogP contribution is 2.26. The third kappa shape index (κ3) is 2.44. The van der Waals surface area contributed by atoms with Gasteiger partial charge in [0.25, 0.3) is 0 Å². The zero-order valence-corrected chi connectivity index (χ0v) is 10.3. The van der Waals surface area contributed by atoms with Crippen molar-refractivity contribution in [3.63, 3.8) is 0 Å². The van der Waals surface area contributed by atoms with Crippen LogP contribution in [0, 0.1) is 0 Å². The Balaban J connectivity index is 2.52. The highest BCUT2D eigenvalue weighted by Gasteiger charge is 2.13. The monoisotopic (exact) mass is 258 g/mol. The zero-order chi connectivity index (χ0) is 13.1. The van der Waals surface area contributed by atoms with Crippen LogP contribution in [0.3, 0.4) is 0 Å². The number of benzene rings is 2. The normalized spacial score (nSPS) is 10.1. The maximum absolute atomic E-state index is 11.2. The van der Waals surface area contributed by atoms with Gasteiger partial charge in [-0.15, -0.1) is 0 Å². The van der Waals surface area contributed by atoms with Gasteiger partial charge in [0.15, 0.2) is 0 Å². The fourth-order valence-electron chi connectivity index (χ4n) is 1.75. The highest BCUT2D eigenvalue weighted by atomic mass is 35.5. The minimum atomic E-state index is -1.01. The van der Waals surface area contributed by atoms with E-state index in [9.17, 15) is 9.90 Å². The minimum absolute atomic E-state index is 0.163. The Morgan fingerprint density at radius 1 is 1.06 bits per heavy atom. The molecule has 0 aliphatic carbocycles. The molecule has 90 valence electrons. The van der Waals surface area contributed by atoms with Crippen LogP contribution >= 0.6 is 11.6 Å². The van der Waals surface area contributed by atoms with Crippen molar-refractivity contribution < 1.29 is 9.90 Å². The van der Waals surface area contributed by atoms with Crippen LogP contribution in [-0.4, -0.2) is 11.1 Å². The number of carbonyl (C=O) groups is 1. The van der Waals surface area contributed by atoms with Crippen LogP contribution in [0.25, 0.3) is 5.57 Å². The summed E-state index contributed by atoms with van der Waals surface area (Å²) in [6.07, 6.45) is 0. The van der Waals surface area contributed by atoms with Crippen LogP contribution in [0.4, 0.5) is 0 Å². The zero-order valence-electron chi connectivity index (χ0n) is 9.56. The van der Waals surface area contributed by atoms with Gasteiger partial charge in [-0.2, -0.15) is 0 Å². The van der Waals surface area contributed by atoms with Gasteiger partial charge in [0, 0.05) is 5.02 Å². The number of carboxylic acid groups (broad SMARTS) is 1. The smallest absolute Gasteiger partial charge is 0.336 e. The summed E-state index contributed by atoms with van der Waals surface area (Å²) >= 11 is 5.82. The van der Waals surface area contributed by atoms with Crippen molar-refractivity contribution in [1.82, 2.24) is 0 Å². The number of rotatable bonds is 3. The molecule has 0 aliphatic heterocycles. The second-order valence-corrected chi connectivity index (χ2v) is 4.28. The van der Waals surface area contributed by atoms with E-state index in [0.29, 0.717) is 16.2 Å². The van der Waals surface area contributed by atoms with E-state index in [0.717, 1.165) is 5.56 Å². The Bertz CT molecular complexity index is 603. The summed E-state index contributed by atoms with van der Waals surface area (Å²) in [7, 11) is 0. The van der Waals surface area contributed by atoms with Gasteiger partial charge >= 0.3 is 5.97 Å². The molecule has 0 aliphatic rings. The van der Waals surface area contributed by atoms with Crippen LogP contribution in [-0.2, 0) is 0 Å². The number of hydrogen-bond donors (Lipinski definition) is 1. The van der Waals surface area contributed by atoms with Gasteiger partial charge in [-0.3, -0.25) is 0 Å². The summed E-state index contributed by atoms with van der Waals surface area (Å²) in [5.74, 6) is -1.01. The Morgan fingerprint density at radius 3 is 2.33 bits per heavy atom. The van der Waals surface area contributed by atoms with Crippen molar-refractivity contribution in [2.24, 2.45) is 0 Å². The maximum atomic E-state index is 11.2. The van der Waals surface area contributed by atoms with Gasteiger partial charge < -0.3 is 5.11 Å². The quantitative estimate of drug-likeness (QED) is 0.900. The third-order valence-electron chi connectivity index (χ3n) is 2.66. The van der Waals surface area contributed by atoms with Crippen molar-refractivity contribution in [1.29, 1.82) is 0 Å². The molecule has 0 radical (unpaired) electrons. The molecule has 0 unspecified atom stereocenters. The third-order valence-corrected chi connectivity index (χ3v) is 2.89. The average molecular weight is 259 g/mol. The van der Waals surface area contributed by atoms with Crippen LogP contribution in [0.2, 0.25) is 5.02 Å². The molecule has 2 aromatic carbocycles. The molecular formula is C15H11ClO2. The first-order valence-corrected chi connectivity index (χ1v) is 5.75. The Morgan fingerprint density at radius 2 is 1.72 bits per heavy atom. The molecule has 2 rings (SSSR count). The van der Waals surface area contributed by atoms with Crippen LogP contribution in [0.5, 0.6) is 0 Å². The van der Waals surface area contributed by atoms with Crippen molar-refractivity contribution >= 4 is 23.1 Å². The predicted molar refractivity (Wildman–Crippen MR) is 73.0 cm³/mol. The van der Waals surface area contributed by atoms with E-state index < -0.39 is 5.97 Å².